The van der Waals surface area contributed by atoms with Crippen molar-refractivity contribution < 1.29 is 4.42 Å². The summed E-state index contributed by atoms with van der Waals surface area (Å²) in [6, 6.07) is 1.09. The van der Waals surface area contributed by atoms with E-state index < -0.39 is 0 Å². The van der Waals surface area contributed by atoms with Crippen LogP contribution in [0.25, 0.3) is 0 Å². The maximum Gasteiger partial charge on any atom is 0.230 e. The Bertz CT molecular complexity index is 427. The van der Waals surface area contributed by atoms with Gasteiger partial charge in [-0.3, -0.25) is 9.80 Å². The monoisotopic (exact) mass is 279 g/mol. The molecule has 6 heteroatoms. The summed E-state index contributed by atoms with van der Waals surface area (Å²) in [5.74, 6) is 1.49. The van der Waals surface area contributed by atoms with Gasteiger partial charge in [0.25, 0.3) is 0 Å². The van der Waals surface area contributed by atoms with Gasteiger partial charge in [-0.05, 0) is 32.4 Å². The topological polar surface area (TPSA) is 71.4 Å². The van der Waals surface area contributed by atoms with Crippen molar-refractivity contribution in [2.75, 3.05) is 26.2 Å². The average molecular weight is 279 g/mol. The van der Waals surface area contributed by atoms with Crippen LogP contribution in [0.15, 0.2) is 4.42 Å². The summed E-state index contributed by atoms with van der Waals surface area (Å²) in [5, 5.41) is 8.14. The molecule has 2 aliphatic rings. The van der Waals surface area contributed by atoms with Gasteiger partial charge < -0.3 is 10.2 Å². The van der Waals surface area contributed by atoms with Crippen LogP contribution in [-0.2, 0) is 13.0 Å². The number of likely N-dealkylation sites (tertiary alicyclic amines) is 2. The minimum atomic E-state index is 0.412. The molecule has 2 fully saturated rings. The van der Waals surface area contributed by atoms with Crippen molar-refractivity contribution in [3.8, 4) is 0 Å². The maximum atomic E-state index is 5.98. The number of nitrogens with two attached hydrogens (primary N) is 1. The van der Waals surface area contributed by atoms with Gasteiger partial charge in [0.05, 0.1) is 6.54 Å². The highest BCUT2D eigenvalue weighted by atomic mass is 16.4. The molecule has 0 amide bonds. The molecule has 1 atom stereocenters. The van der Waals surface area contributed by atoms with Crippen molar-refractivity contribution in [3.63, 3.8) is 0 Å². The predicted octanol–water partition coefficient (Wildman–Crippen LogP) is 0.629. The predicted molar refractivity (Wildman–Crippen MR) is 76.1 cm³/mol. The zero-order chi connectivity index (χ0) is 13.9. The second kappa shape index (κ2) is 6.20. The van der Waals surface area contributed by atoms with Crippen molar-refractivity contribution in [1.29, 1.82) is 0 Å². The molecule has 112 valence electrons. The van der Waals surface area contributed by atoms with Gasteiger partial charge in [0.15, 0.2) is 0 Å². The quantitative estimate of drug-likeness (QED) is 0.871. The molecular weight excluding hydrogens is 254 g/mol. The van der Waals surface area contributed by atoms with Gasteiger partial charge in [0.2, 0.25) is 11.8 Å². The Labute approximate surface area is 120 Å². The van der Waals surface area contributed by atoms with Crippen LogP contribution in [0.1, 0.15) is 38.0 Å². The zero-order valence-corrected chi connectivity index (χ0v) is 12.3. The molecule has 0 radical (unpaired) electrons. The summed E-state index contributed by atoms with van der Waals surface area (Å²) in [5.41, 5.74) is 5.98. The fourth-order valence-corrected chi connectivity index (χ4v) is 3.22. The van der Waals surface area contributed by atoms with Crippen LogP contribution in [0.2, 0.25) is 0 Å². The number of hydrogen-bond donors (Lipinski definition) is 1. The largest absolute Gasteiger partial charge is 0.424 e. The average Bonchev–Trinajstić information content (AvgIpc) is 3.09. The van der Waals surface area contributed by atoms with Gasteiger partial charge in [0, 0.05) is 31.6 Å². The van der Waals surface area contributed by atoms with Crippen molar-refractivity contribution in [2.24, 2.45) is 5.73 Å². The maximum absolute atomic E-state index is 5.98. The van der Waals surface area contributed by atoms with Crippen molar-refractivity contribution in [2.45, 2.75) is 51.2 Å². The molecule has 0 spiro atoms. The highest BCUT2D eigenvalue weighted by molar-refractivity contribution is 4.89. The molecule has 0 bridgehead atoms. The number of aryl methyl sites for hydroxylation is 1. The molecule has 2 saturated heterocycles. The number of rotatable bonds is 4. The number of hydrogen-bond acceptors (Lipinski definition) is 6. The SMILES string of the molecule is CCc1nnc(CN2CCC(N3CCC(N)CC3)C2)o1. The van der Waals surface area contributed by atoms with Crippen LogP contribution in [0.3, 0.4) is 0 Å². The lowest BCUT2D eigenvalue weighted by molar-refractivity contribution is 0.150. The van der Waals surface area contributed by atoms with Gasteiger partial charge in [0.1, 0.15) is 0 Å². The first-order valence-corrected chi connectivity index (χ1v) is 7.78. The van der Waals surface area contributed by atoms with Crippen LogP contribution < -0.4 is 5.73 Å². The second-order valence-corrected chi connectivity index (χ2v) is 5.99. The van der Waals surface area contributed by atoms with E-state index in [-0.39, 0.29) is 0 Å². The van der Waals surface area contributed by atoms with Crippen LogP contribution in [0, 0.1) is 0 Å². The van der Waals surface area contributed by atoms with Gasteiger partial charge in [-0.25, -0.2) is 0 Å². The molecule has 20 heavy (non-hydrogen) atoms. The van der Waals surface area contributed by atoms with Crippen LogP contribution >= 0.6 is 0 Å². The lowest BCUT2D eigenvalue weighted by Crippen LogP contribution is -2.46. The molecule has 1 aromatic rings. The van der Waals surface area contributed by atoms with Crippen molar-refractivity contribution >= 4 is 0 Å². The Kier molecular flexibility index (Phi) is 4.33. The zero-order valence-electron chi connectivity index (χ0n) is 12.3. The van der Waals surface area contributed by atoms with Gasteiger partial charge in [-0.1, -0.05) is 6.92 Å². The summed E-state index contributed by atoms with van der Waals surface area (Å²) in [7, 11) is 0. The number of nitrogens with zero attached hydrogens (tertiary/aromatic N) is 4. The van der Waals surface area contributed by atoms with E-state index in [1.807, 2.05) is 6.92 Å². The fraction of sp³-hybridized carbons (Fsp3) is 0.857. The lowest BCUT2D eigenvalue weighted by atomic mass is 10.0. The molecule has 1 aromatic heterocycles. The van der Waals surface area contributed by atoms with Gasteiger partial charge >= 0.3 is 0 Å². The van der Waals surface area contributed by atoms with E-state index in [9.17, 15) is 0 Å². The summed E-state index contributed by atoms with van der Waals surface area (Å²) in [6.45, 7) is 7.36. The first-order valence-electron chi connectivity index (χ1n) is 7.78. The molecule has 2 aliphatic heterocycles. The Balaban J connectivity index is 1.49. The van der Waals surface area contributed by atoms with Gasteiger partial charge in [-0.15, -0.1) is 10.2 Å². The smallest absolute Gasteiger partial charge is 0.230 e. The van der Waals surface area contributed by atoms with Gasteiger partial charge in [-0.2, -0.15) is 0 Å². The molecule has 0 aromatic carbocycles. The minimum Gasteiger partial charge on any atom is -0.424 e. The van der Waals surface area contributed by atoms with Crippen LogP contribution in [-0.4, -0.2) is 58.3 Å². The summed E-state index contributed by atoms with van der Waals surface area (Å²) in [4.78, 5) is 5.03. The molecule has 2 N–H and O–H groups in total. The molecule has 1 unspecified atom stereocenters. The first kappa shape index (κ1) is 14.0. The van der Waals surface area contributed by atoms with Crippen LogP contribution in [0.5, 0.6) is 0 Å². The second-order valence-electron chi connectivity index (χ2n) is 5.99. The van der Waals surface area contributed by atoms with Crippen molar-refractivity contribution in [3.05, 3.63) is 11.8 Å². The molecule has 3 rings (SSSR count). The summed E-state index contributed by atoms with van der Waals surface area (Å²) in [6.07, 6.45) is 4.33. The Morgan fingerprint density at radius 2 is 1.90 bits per heavy atom. The minimum absolute atomic E-state index is 0.412. The molecule has 0 aliphatic carbocycles. The van der Waals surface area contributed by atoms with E-state index in [1.54, 1.807) is 0 Å². The number of piperidine rings is 1. The summed E-state index contributed by atoms with van der Waals surface area (Å²) < 4.78 is 5.60. The van der Waals surface area contributed by atoms with E-state index in [2.05, 4.69) is 20.0 Å². The standard InChI is InChI=1S/C14H25N5O/c1-2-13-16-17-14(20-13)10-18-6-5-12(9-18)19-7-3-11(15)4-8-19/h11-12H,2-10,15H2,1H3. The first-order chi connectivity index (χ1) is 9.74. The van der Waals surface area contributed by atoms with E-state index in [1.165, 1.54) is 6.42 Å². The Morgan fingerprint density at radius 3 is 2.60 bits per heavy atom. The highest BCUT2D eigenvalue weighted by Gasteiger charge is 2.30. The third-order valence-electron chi connectivity index (χ3n) is 4.51. The Morgan fingerprint density at radius 1 is 1.15 bits per heavy atom. The summed E-state index contributed by atoms with van der Waals surface area (Å²) >= 11 is 0. The van der Waals surface area contributed by atoms with E-state index in [0.717, 1.165) is 63.8 Å². The van der Waals surface area contributed by atoms with E-state index >= 15 is 0 Å². The molecular formula is C14H25N5O. The number of aromatic nitrogens is 2. The van der Waals surface area contributed by atoms with E-state index in [4.69, 9.17) is 10.2 Å². The van der Waals surface area contributed by atoms with E-state index in [0.29, 0.717) is 12.1 Å². The highest BCUT2D eigenvalue weighted by Crippen LogP contribution is 2.21. The fourth-order valence-electron chi connectivity index (χ4n) is 3.22. The Hall–Kier alpha value is -0.980. The van der Waals surface area contributed by atoms with Crippen LogP contribution in [0.4, 0.5) is 0 Å². The lowest BCUT2D eigenvalue weighted by Gasteiger charge is -2.34. The third kappa shape index (κ3) is 3.19. The normalized spacial score (nSPS) is 26.4. The van der Waals surface area contributed by atoms with Crippen molar-refractivity contribution in [1.82, 2.24) is 20.0 Å². The molecule has 3 heterocycles. The molecule has 6 nitrogen and oxygen atoms in total. The third-order valence-corrected chi connectivity index (χ3v) is 4.51. The molecule has 0 saturated carbocycles.